The fraction of sp³-hybridized carbons (Fsp3) is 0.625. The third-order valence-corrected chi connectivity index (χ3v) is 9.41. The maximum absolute atomic E-state index is 13.2. The van der Waals surface area contributed by atoms with Crippen molar-refractivity contribution in [3.05, 3.63) is 24.3 Å². The molecule has 180 valence electrons. The van der Waals surface area contributed by atoms with Crippen LogP contribution in [0, 0.1) is 11.3 Å². The van der Waals surface area contributed by atoms with Gasteiger partial charge in [0.1, 0.15) is 12.1 Å². The van der Waals surface area contributed by atoms with Crippen molar-refractivity contribution in [2.24, 2.45) is 11.3 Å². The Bertz CT molecular complexity index is 1060. The first kappa shape index (κ1) is 23.7. The molecule has 33 heavy (non-hydrogen) atoms. The van der Waals surface area contributed by atoms with Gasteiger partial charge in [-0.2, -0.15) is 0 Å². The van der Waals surface area contributed by atoms with E-state index in [2.05, 4.69) is 31.4 Å². The molecule has 8 nitrogen and oxygen atoms in total. The standard InChI is InChI=1S/C24H33N3O5S/c1-16-12-23(2,3)15-24(13-16)21(29)27(22(30)26-24)14-20(28)25-17-8-10-19(11-9-17)33(31,32)18-6-4-5-7-18/h8-11,16,18H,4-7,12-15H2,1-3H3,(H,25,28)(H,26,30). The Morgan fingerprint density at radius 1 is 1.12 bits per heavy atom. The lowest BCUT2D eigenvalue weighted by molar-refractivity contribution is -0.136. The third-order valence-electron chi connectivity index (χ3n) is 7.13. The number of carbonyl (C=O) groups is 3. The average molecular weight is 476 g/mol. The van der Waals surface area contributed by atoms with Crippen molar-refractivity contribution in [3.63, 3.8) is 0 Å². The number of hydrogen-bond acceptors (Lipinski definition) is 5. The molecule has 1 spiro atoms. The first-order chi connectivity index (χ1) is 15.4. The molecule has 4 amide bonds. The van der Waals surface area contributed by atoms with E-state index in [0.717, 1.165) is 24.2 Å². The predicted molar refractivity (Wildman–Crippen MR) is 124 cm³/mol. The summed E-state index contributed by atoms with van der Waals surface area (Å²) in [4.78, 5) is 39.6. The van der Waals surface area contributed by atoms with Gasteiger partial charge >= 0.3 is 6.03 Å². The summed E-state index contributed by atoms with van der Waals surface area (Å²) in [7, 11) is -3.37. The van der Waals surface area contributed by atoms with E-state index in [0.29, 0.717) is 31.4 Å². The highest BCUT2D eigenvalue weighted by atomic mass is 32.2. The van der Waals surface area contributed by atoms with Gasteiger partial charge in [-0.3, -0.25) is 14.5 Å². The lowest BCUT2D eigenvalue weighted by Crippen LogP contribution is -2.54. The third kappa shape index (κ3) is 4.65. The van der Waals surface area contributed by atoms with Gasteiger partial charge in [-0.25, -0.2) is 13.2 Å². The summed E-state index contributed by atoms with van der Waals surface area (Å²) in [5.74, 6) is -0.573. The largest absolute Gasteiger partial charge is 0.325 e. The molecule has 1 saturated heterocycles. The van der Waals surface area contributed by atoms with Crippen LogP contribution in [0.5, 0.6) is 0 Å². The van der Waals surface area contributed by atoms with Gasteiger partial charge in [-0.15, -0.1) is 0 Å². The Morgan fingerprint density at radius 3 is 2.36 bits per heavy atom. The van der Waals surface area contributed by atoms with Crippen LogP contribution in [-0.4, -0.2) is 48.5 Å². The van der Waals surface area contributed by atoms with Crippen LogP contribution in [0.1, 0.15) is 65.7 Å². The van der Waals surface area contributed by atoms with Gasteiger partial charge in [0.2, 0.25) is 5.91 Å². The molecule has 2 unspecified atom stereocenters. The van der Waals surface area contributed by atoms with E-state index in [4.69, 9.17) is 0 Å². The first-order valence-electron chi connectivity index (χ1n) is 11.7. The molecule has 1 heterocycles. The van der Waals surface area contributed by atoms with Crippen LogP contribution < -0.4 is 10.6 Å². The van der Waals surface area contributed by atoms with Crippen molar-refractivity contribution in [2.45, 2.75) is 81.4 Å². The molecule has 1 aliphatic heterocycles. The van der Waals surface area contributed by atoms with E-state index in [-0.39, 0.29) is 33.9 Å². The number of nitrogens with zero attached hydrogens (tertiary/aromatic N) is 1. The second-order valence-electron chi connectivity index (χ2n) is 10.8. The minimum atomic E-state index is -3.37. The molecule has 3 fully saturated rings. The maximum atomic E-state index is 13.2. The van der Waals surface area contributed by atoms with Gasteiger partial charge in [0.15, 0.2) is 9.84 Å². The van der Waals surface area contributed by atoms with Crippen molar-refractivity contribution in [1.82, 2.24) is 10.2 Å². The molecule has 2 saturated carbocycles. The number of nitrogens with one attached hydrogen (secondary N) is 2. The molecule has 2 aliphatic carbocycles. The van der Waals surface area contributed by atoms with Gasteiger partial charge in [-0.05, 0) is 67.7 Å². The van der Waals surface area contributed by atoms with E-state index < -0.39 is 27.3 Å². The average Bonchev–Trinajstić information content (AvgIpc) is 3.31. The lowest BCUT2D eigenvalue weighted by Gasteiger charge is -2.43. The highest BCUT2D eigenvalue weighted by molar-refractivity contribution is 7.92. The fourth-order valence-corrected chi connectivity index (χ4v) is 7.97. The number of benzene rings is 1. The summed E-state index contributed by atoms with van der Waals surface area (Å²) in [6.07, 6.45) is 5.32. The molecule has 2 atom stereocenters. The minimum Gasteiger partial charge on any atom is -0.325 e. The van der Waals surface area contributed by atoms with Crippen LogP contribution in [0.4, 0.5) is 10.5 Å². The molecule has 2 N–H and O–H groups in total. The normalized spacial score (nSPS) is 27.7. The summed E-state index contributed by atoms with van der Waals surface area (Å²) in [5.41, 5.74) is -0.617. The summed E-state index contributed by atoms with van der Waals surface area (Å²) in [6.45, 7) is 5.88. The highest BCUT2D eigenvalue weighted by Gasteiger charge is 2.56. The maximum Gasteiger partial charge on any atom is 0.325 e. The number of amides is 4. The van der Waals surface area contributed by atoms with Crippen LogP contribution in [0.2, 0.25) is 0 Å². The number of rotatable bonds is 5. The summed E-state index contributed by atoms with van der Waals surface area (Å²) in [5, 5.41) is 5.20. The predicted octanol–water partition coefficient (Wildman–Crippen LogP) is 3.48. The number of urea groups is 1. The molecule has 4 rings (SSSR count). The molecule has 9 heteroatoms. The van der Waals surface area contributed by atoms with Gasteiger partial charge in [0, 0.05) is 5.69 Å². The second kappa shape index (κ2) is 8.42. The molecule has 1 aromatic rings. The molecule has 3 aliphatic rings. The number of anilines is 1. The second-order valence-corrected chi connectivity index (χ2v) is 13.0. The fourth-order valence-electron chi connectivity index (χ4n) is 6.11. The van der Waals surface area contributed by atoms with E-state index in [1.165, 1.54) is 12.1 Å². The topological polar surface area (TPSA) is 113 Å². The van der Waals surface area contributed by atoms with Gasteiger partial charge in [-0.1, -0.05) is 33.6 Å². The van der Waals surface area contributed by atoms with E-state index in [1.807, 2.05) is 0 Å². The van der Waals surface area contributed by atoms with Crippen LogP contribution in [0.3, 0.4) is 0 Å². The zero-order chi connectivity index (χ0) is 24.0. The zero-order valence-electron chi connectivity index (χ0n) is 19.5. The Kier molecular flexibility index (Phi) is 6.05. The van der Waals surface area contributed by atoms with E-state index in [9.17, 15) is 22.8 Å². The molecular formula is C24H33N3O5S. The van der Waals surface area contributed by atoms with Crippen molar-refractivity contribution >= 4 is 33.4 Å². The summed E-state index contributed by atoms with van der Waals surface area (Å²) >= 11 is 0. The Hall–Kier alpha value is -2.42. The Balaban J connectivity index is 1.41. The molecule has 0 radical (unpaired) electrons. The molecule has 0 aromatic heterocycles. The molecule has 1 aromatic carbocycles. The lowest BCUT2D eigenvalue weighted by atomic mass is 9.64. The van der Waals surface area contributed by atoms with Crippen LogP contribution in [-0.2, 0) is 19.4 Å². The van der Waals surface area contributed by atoms with Crippen molar-refractivity contribution in [1.29, 1.82) is 0 Å². The van der Waals surface area contributed by atoms with Crippen LogP contribution in [0.25, 0.3) is 0 Å². The first-order valence-corrected chi connectivity index (χ1v) is 13.2. The smallest absolute Gasteiger partial charge is 0.325 e. The van der Waals surface area contributed by atoms with Crippen LogP contribution in [0.15, 0.2) is 29.2 Å². The number of sulfone groups is 1. The Labute approximate surface area is 195 Å². The van der Waals surface area contributed by atoms with E-state index in [1.54, 1.807) is 12.1 Å². The summed E-state index contributed by atoms with van der Waals surface area (Å²) < 4.78 is 25.4. The van der Waals surface area contributed by atoms with Gasteiger partial charge < -0.3 is 10.6 Å². The Morgan fingerprint density at radius 2 is 1.76 bits per heavy atom. The van der Waals surface area contributed by atoms with E-state index >= 15 is 0 Å². The SMILES string of the molecule is CC1CC(C)(C)CC2(C1)NC(=O)N(CC(=O)Nc1ccc(S(=O)(=O)C3CCCC3)cc1)C2=O. The van der Waals surface area contributed by atoms with Gasteiger partial charge in [0.25, 0.3) is 5.91 Å². The minimum absolute atomic E-state index is 0.0839. The van der Waals surface area contributed by atoms with Crippen molar-refractivity contribution in [3.8, 4) is 0 Å². The highest BCUT2D eigenvalue weighted by Crippen LogP contribution is 2.46. The summed E-state index contributed by atoms with van der Waals surface area (Å²) in [6, 6.07) is 5.53. The monoisotopic (exact) mass is 475 g/mol. The number of carbonyl (C=O) groups excluding carboxylic acids is 3. The number of imide groups is 1. The zero-order valence-corrected chi connectivity index (χ0v) is 20.3. The number of hydrogen-bond donors (Lipinski definition) is 2. The van der Waals surface area contributed by atoms with Crippen molar-refractivity contribution < 1.29 is 22.8 Å². The molecule has 0 bridgehead atoms. The quantitative estimate of drug-likeness (QED) is 0.633. The van der Waals surface area contributed by atoms with Gasteiger partial charge in [0.05, 0.1) is 10.1 Å². The molecular weight excluding hydrogens is 442 g/mol. The van der Waals surface area contributed by atoms with Crippen molar-refractivity contribution in [2.75, 3.05) is 11.9 Å². The van der Waals surface area contributed by atoms with Crippen LogP contribution >= 0.6 is 0 Å².